The van der Waals surface area contributed by atoms with Crippen LogP contribution in [0.4, 0.5) is 11.4 Å². The molecule has 0 unspecified atom stereocenters. The van der Waals surface area contributed by atoms with Crippen molar-refractivity contribution in [1.82, 2.24) is 19.9 Å². The summed E-state index contributed by atoms with van der Waals surface area (Å²) < 4.78 is 0. The predicted molar refractivity (Wildman–Crippen MR) is 219 cm³/mol. The number of nitro groups is 2. The third-order valence-corrected chi connectivity index (χ3v) is 11.2. The summed E-state index contributed by atoms with van der Waals surface area (Å²) in [6.45, 7) is 17.0. The molecule has 10 nitrogen and oxygen atoms in total. The maximum Gasteiger partial charge on any atom is 0.269 e. The number of rotatable bonds is 8. The van der Waals surface area contributed by atoms with E-state index in [1.807, 2.05) is 12.1 Å². The molecule has 0 saturated carbocycles. The summed E-state index contributed by atoms with van der Waals surface area (Å²) in [5, 5.41) is 23.3. The number of aromatic nitrogens is 4. The fourth-order valence-corrected chi connectivity index (χ4v) is 8.38. The quantitative estimate of drug-likeness (QED) is 0.121. The molecule has 5 heterocycles. The molecule has 274 valence electrons. The summed E-state index contributed by atoms with van der Waals surface area (Å²) >= 11 is 0. The molecule has 0 saturated heterocycles. The Balaban J connectivity index is 1.73. The molecule has 0 radical (unpaired) electrons. The number of non-ortho nitro benzene ring substituents is 2. The van der Waals surface area contributed by atoms with Crippen LogP contribution in [0.1, 0.15) is 99.4 Å². The van der Waals surface area contributed by atoms with Gasteiger partial charge in [-0.25, -0.2) is 9.97 Å². The lowest BCUT2D eigenvalue weighted by molar-refractivity contribution is -0.385. The Bertz CT molecular complexity index is 2500. The van der Waals surface area contributed by atoms with Crippen molar-refractivity contribution < 1.29 is 9.85 Å². The zero-order chi connectivity index (χ0) is 38.6. The number of allylic oxidation sites excluding steroid dienone is 4. The lowest BCUT2D eigenvalue weighted by Gasteiger charge is -2.10. The normalized spacial score (nSPS) is 12.9. The average molecular weight is 721 g/mol. The fourth-order valence-electron chi connectivity index (χ4n) is 8.38. The lowest BCUT2D eigenvalue weighted by atomic mass is 9.93. The van der Waals surface area contributed by atoms with Crippen LogP contribution < -0.4 is 0 Å². The van der Waals surface area contributed by atoms with E-state index in [0.29, 0.717) is 0 Å². The molecule has 0 amide bonds. The van der Waals surface area contributed by atoms with Crippen molar-refractivity contribution in [2.24, 2.45) is 0 Å². The minimum atomic E-state index is -0.379. The molecule has 54 heavy (non-hydrogen) atoms. The van der Waals surface area contributed by atoms with E-state index < -0.39 is 0 Å². The number of fused-ring (bicyclic) bond motifs is 8. The Morgan fingerprint density at radius 2 is 0.926 bits per heavy atom. The molecule has 0 atom stereocenters. The summed E-state index contributed by atoms with van der Waals surface area (Å²) in [7, 11) is 0. The summed E-state index contributed by atoms with van der Waals surface area (Å²) in [6.07, 6.45) is 3.06. The monoisotopic (exact) mass is 720 g/mol. The van der Waals surface area contributed by atoms with Gasteiger partial charge in [-0.05, 0) is 145 Å². The van der Waals surface area contributed by atoms with Gasteiger partial charge < -0.3 is 9.97 Å². The Labute approximate surface area is 314 Å². The van der Waals surface area contributed by atoms with Crippen molar-refractivity contribution in [2.45, 2.75) is 81.1 Å². The van der Waals surface area contributed by atoms with Crippen LogP contribution in [0.2, 0.25) is 0 Å². The van der Waals surface area contributed by atoms with Crippen LogP contribution in [0.3, 0.4) is 0 Å². The summed E-state index contributed by atoms with van der Waals surface area (Å²) in [4.78, 5) is 41.0. The topological polar surface area (TPSA) is 144 Å². The number of hydrogen-bond acceptors (Lipinski definition) is 6. The number of hydrogen-bond donors (Lipinski definition) is 2. The molecule has 7 rings (SSSR count). The summed E-state index contributed by atoms with van der Waals surface area (Å²) in [6, 6.07) is 17.8. The molecule has 0 spiro atoms. The second-order valence-corrected chi connectivity index (χ2v) is 14.0. The molecule has 0 fully saturated rings. The molecule has 10 heteroatoms. The number of nitrogens with zero attached hydrogens (tertiary/aromatic N) is 4. The predicted octanol–water partition coefficient (Wildman–Crippen LogP) is 11.9. The molecule has 3 aromatic heterocycles. The van der Waals surface area contributed by atoms with E-state index in [0.717, 1.165) is 137 Å². The average Bonchev–Trinajstić information content (AvgIpc) is 3.85. The van der Waals surface area contributed by atoms with E-state index in [1.165, 1.54) is 0 Å². The van der Waals surface area contributed by atoms with Crippen LogP contribution in [0.5, 0.6) is 0 Å². The van der Waals surface area contributed by atoms with Crippen molar-refractivity contribution in [3.8, 4) is 22.3 Å². The molecule has 0 aliphatic carbocycles. The van der Waals surface area contributed by atoms with Crippen LogP contribution in [-0.4, -0.2) is 29.8 Å². The maximum atomic E-state index is 11.7. The number of H-pyrrole nitrogens is 2. The first-order valence-electron chi connectivity index (χ1n) is 18.6. The van der Waals surface area contributed by atoms with Gasteiger partial charge in [0.15, 0.2) is 0 Å². The van der Waals surface area contributed by atoms with E-state index in [4.69, 9.17) is 9.97 Å². The highest BCUT2D eigenvalue weighted by atomic mass is 16.6. The van der Waals surface area contributed by atoms with Crippen LogP contribution in [-0.2, 0) is 12.8 Å². The smallest absolute Gasteiger partial charge is 0.269 e. The number of nitro benzene ring substituents is 2. The lowest BCUT2D eigenvalue weighted by Crippen LogP contribution is -1.94. The summed E-state index contributed by atoms with van der Waals surface area (Å²) in [5.74, 6) is 0. The van der Waals surface area contributed by atoms with E-state index in [9.17, 15) is 20.2 Å². The Hall–Kier alpha value is -6.16. The Morgan fingerprint density at radius 1 is 0.556 bits per heavy atom. The first-order valence-corrected chi connectivity index (χ1v) is 18.6. The SMILES string of the molecule is CCC1=C(C)c2nc1cc1[nH]c(c(C)c1CC)c(-c1ccc([N+](=O)[O-])cc1)c1[nH]c(cc3nc(c2-c2ccc([N+](=O)[O-])cc2)C(C)=C3CC)c(CC)c1C. The minimum absolute atomic E-state index is 0.0263. The van der Waals surface area contributed by atoms with Gasteiger partial charge in [-0.1, -0.05) is 27.7 Å². The Morgan fingerprint density at radius 3 is 1.26 bits per heavy atom. The Kier molecular flexibility index (Phi) is 9.39. The van der Waals surface area contributed by atoms with Gasteiger partial charge in [-0.3, -0.25) is 20.2 Å². The highest BCUT2D eigenvalue weighted by Crippen LogP contribution is 2.44. The van der Waals surface area contributed by atoms with E-state index in [-0.39, 0.29) is 21.2 Å². The molecular weight excluding hydrogens is 677 g/mol. The van der Waals surface area contributed by atoms with Gasteiger partial charge in [0.1, 0.15) is 0 Å². The molecule has 2 N–H and O–H groups in total. The van der Waals surface area contributed by atoms with Crippen molar-refractivity contribution >= 4 is 55.7 Å². The summed E-state index contributed by atoms with van der Waals surface area (Å²) in [5.41, 5.74) is 19.5. The largest absolute Gasteiger partial charge is 0.354 e. The number of aryl methyl sites for hydroxylation is 4. The van der Waals surface area contributed by atoms with Crippen molar-refractivity contribution in [3.63, 3.8) is 0 Å². The van der Waals surface area contributed by atoms with Gasteiger partial charge in [0.05, 0.1) is 43.7 Å². The van der Waals surface area contributed by atoms with Crippen LogP contribution in [0, 0.1) is 34.1 Å². The minimum Gasteiger partial charge on any atom is -0.354 e. The van der Waals surface area contributed by atoms with Gasteiger partial charge in [-0.2, -0.15) is 0 Å². The molecular formula is C44H44N6O4. The molecule has 2 aromatic carbocycles. The number of aromatic amines is 2. The number of benzene rings is 2. The van der Waals surface area contributed by atoms with Crippen LogP contribution >= 0.6 is 0 Å². The maximum absolute atomic E-state index is 11.7. The molecule has 2 aliphatic heterocycles. The van der Waals surface area contributed by atoms with Gasteiger partial charge in [0.25, 0.3) is 11.4 Å². The van der Waals surface area contributed by atoms with Gasteiger partial charge in [0, 0.05) is 46.4 Å². The first-order chi connectivity index (χ1) is 25.9. The third-order valence-electron chi connectivity index (χ3n) is 11.2. The fraction of sp³-hybridized carbons (Fsp3) is 0.273. The van der Waals surface area contributed by atoms with Crippen molar-refractivity contribution in [3.05, 3.63) is 126 Å². The van der Waals surface area contributed by atoms with Crippen LogP contribution in [0.25, 0.3) is 66.6 Å². The van der Waals surface area contributed by atoms with Gasteiger partial charge in [0.2, 0.25) is 0 Å². The second-order valence-electron chi connectivity index (χ2n) is 14.0. The highest BCUT2D eigenvalue weighted by molar-refractivity contribution is 6.03. The van der Waals surface area contributed by atoms with Crippen molar-refractivity contribution in [2.75, 3.05) is 0 Å². The van der Waals surface area contributed by atoms with Gasteiger partial charge in [-0.15, -0.1) is 0 Å². The van der Waals surface area contributed by atoms with E-state index >= 15 is 0 Å². The highest BCUT2D eigenvalue weighted by Gasteiger charge is 2.27. The van der Waals surface area contributed by atoms with Crippen LogP contribution in [0.15, 0.2) is 60.7 Å². The third kappa shape index (κ3) is 5.82. The number of nitrogens with one attached hydrogen (secondary N) is 2. The zero-order valence-corrected chi connectivity index (χ0v) is 32.0. The first kappa shape index (κ1) is 36.2. The zero-order valence-electron chi connectivity index (χ0n) is 32.0. The van der Waals surface area contributed by atoms with E-state index in [1.54, 1.807) is 36.4 Å². The van der Waals surface area contributed by atoms with Gasteiger partial charge >= 0.3 is 0 Å². The van der Waals surface area contributed by atoms with Crippen molar-refractivity contribution in [1.29, 1.82) is 0 Å². The molecule has 8 bridgehead atoms. The second kappa shape index (κ2) is 14.0. The molecule has 2 aliphatic rings. The molecule has 5 aromatic rings. The standard InChI is InChI=1S/C44H44N6O4/c1-9-31-23(5)41-39(27-13-17-29(18-14-27)49(51)52)42-25(7)33(11-3)37(47-42)22-38-34(12-4)26(8)44(48-38)40(28-15-19-30(20-16-28)50(53)54)43-24(6)32(10-2)36(46-43)21-35(31)45-41/h13-22,45,47H,9-12H2,1-8H3. The van der Waals surface area contributed by atoms with E-state index in [2.05, 4.69) is 77.5 Å².